The first-order chi connectivity index (χ1) is 11.0. The largest absolute Gasteiger partial charge is 0.481 e. The molecule has 2 saturated heterocycles. The van der Waals surface area contributed by atoms with Gasteiger partial charge in [-0.2, -0.15) is 0 Å². The first-order valence-electron chi connectivity index (χ1n) is 7.66. The number of carbonyl (C=O) groups excluding carboxylic acids is 2. The molecular formula is C16H16N2O4S. The molecule has 23 heavy (non-hydrogen) atoms. The quantitative estimate of drug-likeness (QED) is 0.889. The second-order valence-corrected chi connectivity index (χ2v) is 7.48. The number of fused-ring (bicyclic) bond motifs is 3. The summed E-state index contributed by atoms with van der Waals surface area (Å²) in [5.41, 5.74) is 0.794. The van der Waals surface area contributed by atoms with Crippen LogP contribution in [0.25, 0.3) is 0 Å². The molecule has 0 aromatic heterocycles. The lowest BCUT2D eigenvalue weighted by Crippen LogP contribution is -2.53. The molecular weight excluding hydrogens is 316 g/mol. The lowest BCUT2D eigenvalue weighted by molar-refractivity contribution is -0.141. The Balaban J connectivity index is 1.67. The van der Waals surface area contributed by atoms with Gasteiger partial charge in [0.1, 0.15) is 0 Å². The maximum atomic E-state index is 13.2. The van der Waals surface area contributed by atoms with E-state index in [1.807, 2.05) is 24.3 Å². The Morgan fingerprint density at radius 3 is 2.83 bits per heavy atom. The zero-order valence-corrected chi connectivity index (χ0v) is 13.2. The van der Waals surface area contributed by atoms with Gasteiger partial charge in [0.25, 0.3) is 5.91 Å². The number of hydrogen-bond donors (Lipinski definition) is 1. The molecule has 1 aromatic carbocycles. The number of carboxylic acid groups (broad SMARTS) is 1. The summed E-state index contributed by atoms with van der Waals surface area (Å²) in [7, 11) is 0. The predicted molar refractivity (Wildman–Crippen MR) is 84.1 cm³/mol. The number of aliphatic carboxylic acids is 1. The second-order valence-electron chi connectivity index (χ2n) is 6.16. The molecule has 1 aromatic rings. The fourth-order valence-corrected chi connectivity index (χ4v) is 5.16. The number of nitrogens with zero attached hydrogens (tertiary/aromatic N) is 2. The summed E-state index contributed by atoms with van der Waals surface area (Å²) in [5.74, 6) is -1.53. The zero-order valence-electron chi connectivity index (χ0n) is 12.4. The molecule has 0 aliphatic carbocycles. The van der Waals surface area contributed by atoms with Gasteiger partial charge in [0.05, 0.1) is 11.6 Å². The van der Waals surface area contributed by atoms with Crippen LogP contribution in [0.3, 0.4) is 0 Å². The van der Waals surface area contributed by atoms with E-state index < -0.39 is 16.8 Å². The van der Waals surface area contributed by atoms with Crippen molar-refractivity contribution in [1.82, 2.24) is 4.90 Å². The summed E-state index contributed by atoms with van der Waals surface area (Å²) in [4.78, 5) is 39.9. The van der Waals surface area contributed by atoms with Gasteiger partial charge in [-0.1, -0.05) is 23.9 Å². The van der Waals surface area contributed by atoms with Crippen molar-refractivity contribution >= 4 is 35.2 Å². The van der Waals surface area contributed by atoms with Crippen LogP contribution in [0.15, 0.2) is 29.2 Å². The van der Waals surface area contributed by atoms with Crippen molar-refractivity contribution < 1.29 is 19.5 Å². The number of rotatable bonds is 2. The lowest BCUT2D eigenvalue weighted by atomic mass is 10.1. The lowest BCUT2D eigenvalue weighted by Gasteiger charge is -2.33. The van der Waals surface area contributed by atoms with Crippen molar-refractivity contribution in [2.45, 2.75) is 29.0 Å². The van der Waals surface area contributed by atoms with E-state index in [0.717, 1.165) is 10.6 Å². The van der Waals surface area contributed by atoms with Crippen LogP contribution in [0.1, 0.15) is 19.3 Å². The molecule has 3 heterocycles. The standard InChI is InChI=1S/C16H16N2O4S/c19-13-5-7-16(15(22)17-8-6-10(9-17)14(20)21)18(13)11-3-1-2-4-12(11)23-16/h1-4,10H,5-9H2,(H,20,21). The number of anilines is 1. The van der Waals surface area contributed by atoms with Gasteiger partial charge >= 0.3 is 5.97 Å². The van der Waals surface area contributed by atoms with Crippen LogP contribution in [-0.2, 0) is 14.4 Å². The van der Waals surface area contributed by atoms with Gasteiger partial charge in [-0.15, -0.1) is 0 Å². The number of carboxylic acids is 1. The molecule has 3 aliphatic heterocycles. The van der Waals surface area contributed by atoms with Crippen LogP contribution < -0.4 is 4.90 Å². The van der Waals surface area contributed by atoms with E-state index in [2.05, 4.69) is 0 Å². The van der Waals surface area contributed by atoms with E-state index in [9.17, 15) is 14.4 Å². The first kappa shape index (κ1) is 14.6. The van der Waals surface area contributed by atoms with E-state index in [1.165, 1.54) is 11.8 Å². The van der Waals surface area contributed by atoms with Crippen LogP contribution in [0.2, 0.25) is 0 Å². The third kappa shape index (κ3) is 1.99. The van der Waals surface area contributed by atoms with Crippen molar-refractivity contribution in [3.63, 3.8) is 0 Å². The van der Waals surface area contributed by atoms with E-state index in [4.69, 9.17) is 5.11 Å². The number of thioether (sulfide) groups is 1. The molecule has 4 rings (SSSR count). The third-order valence-electron chi connectivity index (χ3n) is 4.83. The number of hydrogen-bond acceptors (Lipinski definition) is 4. The molecule has 0 spiro atoms. The maximum Gasteiger partial charge on any atom is 0.308 e. The molecule has 7 heteroatoms. The molecule has 2 amide bonds. The molecule has 120 valence electrons. The zero-order chi connectivity index (χ0) is 16.2. The van der Waals surface area contributed by atoms with E-state index in [0.29, 0.717) is 25.8 Å². The molecule has 3 aliphatic rings. The Morgan fingerprint density at radius 2 is 2.09 bits per heavy atom. The predicted octanol–water partition coefficient (Wildman–Crippen LogP) is 1.55. The van der Waals surface area contributed by atoms with Gasteiger partial charge in [-0.3, -0.25) is 19.3 Å². The maximum absolute atomic E-state index is 13.2. The third-order valence-corrected chi connectivity index (χ3v) is 6.30. The first-order valence-corrected chi connectivity index (χ1v) is 8.48. The summed E-state index contributed by atoms with van der Waals surface area (Å²) >= 11 is 1.43. The van der Waals surface area contributed by atoms with Gasteiger partial charge < -0.3 is 10.0 Å². The van der Waals surface area contributed by atoms with Gasteiger partial charge in [0.15, 0.2) is 4.87 Å². The van der Waals surface area contributed by atoms with Crippen molar-refractivity contribution in [3.8, 4) is 0 Å². The molecule has 2 fully saturated rings. The topological polar surface area (TPSA) is 77.9 Å². The van der Waals surface area contributed by atoms with Crippen LogP contribution in [0.4, 0.5) is 5.69 Å². The number of amides is 2. The van der Waals surface area contributed by atoms with E-state index in [-0.39, 0.29) is 18.4 Å². The Morgan fingerprint density at radius 1 is 1.30 bits per heavy atom. The highest BCUT2D eigenvalue weighted by Crippen LogP contribution is 2.56. The number of likely N-dealkylation sites (tertiary alicyclic amines) is 1. The van der Waals surface area contributed by atoms with Gasteiger partial charge in [0, 0.05) is 24.4 Å². The summed E-state index contributed by atoms with van der Waals surface area (Å²) < 4.78 is 0. The van der Waals surface area contributed by atoms with Crippen molar-refractivity contribution in [3.05, 3.63) is 24.3 Å². The highest BCUT2D eigenvalue weighted by Gasteiger charge is 2.59. The molecule has 0 radical (unpaired) electrons. The Bertz CT molecular complexity index is 722. The van der Waals surface area contributed by atoms with Crippen molar-refractivity contribution in [2.75, 3.05) is 18.0 Å². The Kier molecular flexibility index (Phi) is 3.16. The summed E-state index contributed by atoms with van der Waals surface area (Å²) in [6.45, 7) is 0.672. The molecule has 1 N–H and O–H groups in total. The summed E-state index contributed by atoms with van der Waals surface area (Å²) in [6.07, 6.45) is 1.30. The van der Waals surface area contributed by atoms with Crippen molar-refractivity contribution in [1.29, 1.82) is 0 Å². The average molecular weight is 332 g/mol. The average Bonchev–Trinajstić information content (AvgIpc) is 3.21. The summed E-state index contributed by atoms with van der Waals surface area (Å²) in [6, 6.07) is 7.55. The van der Waals surface area contributed by atoms with Crippen LogP contribution in [0.5, 0.6) is 0 Å². The van der Waals surface area contributed by atoms with Gasteiger partial charge in [0.2, 0.25) is 5.91 Å². The molecule has 2 atom stereocenters. The smallest absolute Gasteiger partial charge is 0.308 e. The monoisotopic (exact) mass is 332 g/mol. The van der Waals surface area contributed by atoms with Crippen LogP contribution in [0, 0.1) is 5.92 Å². The fraction of sp³-hybridized carbons (Fsp3) is 0.438. The normalized spacial score (nSPS) is 28.9. The minimum atomic E-state index is -0.922. The number of para-hydroxylation sites is 1. The fourth-order valence-electron chi connectivity index (χ4n) is 3.68. The molecule has 0 saturated carbocycles. The number of benzene rings is 1. The molecule has 2 unspecified atom stereocenters. The summed E-state index contributed by atoms with van der Waals surface area (Å²) in [5, 5.41) is 9.14. The second kappa shape index (κ2) is 4.99. The highest BCUT2D eigenvalue weighted by molar-refractivity contribution is 8.02. The highest BCUT2D eigenvalue weighted by atomic mass is 32.2. The Labute approximate surface area is 137 Å². The van der Waals surface area contributed by atoms with Crippen molar-refractivity contribution in [2.24, 2.45) is 5.92 Å². The van der Waals surface area contributed by atoms with E-state index >= 15 is 0 Å². The minimum absolute atomic E-state index is 0.0372. The molecule has 6 nitrogen and oxygen atoms in total. The minimum Gasteiger partial charge on any atom is -0.481 e. The van der Waals surface area contributed by atoms with Crippen LogP contribution in [-0.4, -0.2) is 45.8 Å². The van der Waals surface area contributed by atoms with Crippen LogP contribution >= 0.6 is 11.8 Å². The SMILES string of the molecule is O=C(O)C1CCN(C(=O)C23CCC(=O)N2c2ccccc2S3)C1. The van der Waals surface area contributed by atoms with Gasteiger partial charge in [-0.05, 0) is 25.0 Å². The Hall–Kier alpha value is -2.02. The number of carbonyl (C=O) groups is 3. The van der Waals surface area contributed by atoms with E-state index in [1.54, 1.807) is 9.80 Å². The van der Waals surface area contributed by atoms with Gasteiger partial charge in [-0.25, -0.2) is 0 Å². The molecule has 0 bridgehead atoms.